The summed E-state index contributed by atoms with van der Waals surface area (Å²) in [6.45, 7) is 1.68. The number of anilines is 1. The molecular formula is C27H21F3N4O5. The lowest BCUT2D eigenvalue weighted by molar-refractivity contribution is -0.222. The van der Waals surface area contributed by atoms with Crippen LogP contribution in [0.1, 0.15) is 32.6 Å². The zero-order valence-corrected chi connectivity index (χ0v) is 20.6. The number of aryl methyl sites for hydroxylation is 1. The third-order valence-electron chi connectivity index (χ3n) is 6.32. The second-order valence-electron chi connectivity index (χ2n) is 8.89. The fourth-order valence-corrected chi connectivity index (χ4v) is 4.67. The van der Waals surface area contributed by atoms with E-state index < -0.39 is 29.9 Å². The summed E-state index contributed by atoms with van der Waals surface area (Å²) in [4.78, 5) is 45.9. The first-order valence-corrected chi connectivity index (χ1v) is 11.7. The van der Waals surface area contributed by atoms with E-state index in [0.717, 1.165) is 10.5 Å². The Morgan fingerprint density at radius 2 is 1.85 bits per heavy atom. The molecule has 1 aliphatic heterocycles. The fourth-order valence-electron chi connectivity index (χ4n) is 4.67. The van der Waals surface area contributed by atoms with Crippen molar-refractivity contribution < 1.29 is 37.0 Å². The van der Waals surface area contributed by atoms with Crippen LogP contribution in [-0.4, -0.2) is 46.1 Å². The van der Waals surface area contributed by atoms with Crippen LogP contribution >= 0.6 is 0 Å². The number of hydrogen-bond acceptors (Lipinski definition) is 6. The van der Waals surface area contributed by atoms with Gasteiger partial charge < -0.3 is 14.5 Å². The standard InChI is InChI=1S/C27H21F3N4O5/c1-15-6-5-7-16(12-15)14-34-22(35)18-8-3-4-9-19(18)26(34,39-23(36)27(28,29)30)17-10-11-20-21(13-17)32-24(31-20)33-25(37)38-2/h3-13H,14H2,1-2H3,(H2,31,32,33,37). The quantitative estimate of drug-likeness (QED) is 0.346. The number of rotatable bonds is 5. The average molecular weight is 538 g/mol. The van der Waals surface area contributed by atoms with Gasteiger partial charge in [-0.1, -0.05) is 54.1 Å². The van der Waals surface area contributed by atoms with Crippen molar-refractivity contribution in [2.24, 2.45) is 0 Å². The molecule has 5 rings (SSSR count). The molecule has 2 amide bonds. The summed E-state index contributed by atoms with van der Waals surface area (Å²) in [7, 11) is 1.17. The molecule has 0 saturated heterocycles. The van der Waals surface area contributed by atoms with Crippen molar-refractivity contribution in [1.29, 1.82) is 0 Å². The third kappa shape index (κ3) is 4.54. The largest absolute Gasteiger partial charge is 0.491 e. The topological polar surface area (TPSA) is 114 Å². The summed E-state index contributed by atoms with van der Waals surface area (Å²) in [6.07, 6.45) is -6.12. The summed E-state index contributed by atoms with van der Waals surface area (Å²) < 4.78 is 50.8. The Morgan fingerprint density at radius 1 is 1.08 bits per heavy atom. The first-order chi connectivity index (χ1) is 18.5. The molecular weight excluding hydrogens is 517 g/mol. The molecule has 0 bridgehead atoms. The highest BCUT2D eigenvalue weighted by Crippen LogP contribution is 2.47. The van der Waals surface area contributed by atoms with Crippen LogP contribution in [0.15, 0.2) is 66.7 Å². The number of carbonyl (C=O) groups excluding carboxylic acids is 3. The average Bonchev–Trinajstić information content (AvgIpc) is 3.40. The molecule has 0 saturated carbocycles. The molecule has 1 atom stereocenters. The van der Waals surface area contributed by atoms with Crippen LogP contribution in [-0.2, 0) is 26.5 Å². The van der Waals surface area contributed by atoms with Gasteiger partial charge in [-0.05, 0) is 30.7 Å². The van der Waals surface area contributed by atoms with Gasteiger partial charge in [0, 0.05) is 16.7 Å². The number of amides is 2. The number of nitrogens with one attached hydrogen (secondary N) is 2. The molecule has 1 aromatic heterocycles. The van der Waals surface area contributed by atoms with E-state index in [1.807, 2.05) is 13.0 Å². The summed E-state index contributed by atoms with van der Waals surface area (Å²) in [5.74, 6) is -3.05. The lowest BCUT2D eigenvalue weighted by atomic mass is 9.92. The van der Waals surface area contributed by atoms with E-state index in [-0.39, 0.29) is 29.2 Å². The number of nitrogens with zero attached hydrogens (tertiary/aromatic N) is 2. The summed E-state index contributed by atoms with van der Waals surface area (Å²) >= 11 is 0. The van der Waals surface area contributed by atoms with Gasteiger partial charge in [0.25, 0.3) is 5.91 Å². The highest BCUT2D eigenvalue weighted by Gasteiger charge is 2.57. The van der Waals surface area contributed by atoms with Gasteiger partial charge in [-0.25, -0.2) is 14.6 Å². The van der Waals surface area contributed by atoms with E-state index in [1.165, 1.54) is 37.4 Å². The van der Waals surface area contributed by atoms with Crippen molar-refractivity contribution in [3.8, 4) is 0 Å². The monoisotopic (exact) mass is 538 g/mol. The number of benzene rings is 3. The molecule has 2 N–H and O–H groups in total. The van der Waals surface area contributed by atoms with Gasteiger partial charge in [-0.15, -0.1) is 0 Å². The van der Waals surface area contributed by atoms with Gasteiger partial charge in [0.05, 0.1) is 24.7 Å². The number of hydrogen-bond donors (Lipinski definition) is 2. The van der Waals surface area contributed by atoms with E-state index in [1.54, 1.807) is 30.3 Å². The van der Waals surface area contributed by atoms with Crippen LogP contribution in [0.3, 0.4) is 0 Å². The smallest absolute Gasteiger partial charge is 0.453 e. The maximum absolute atomic E-state index is 13.7. The van der Waals surface area contributed by atoms with Gasteiger partial charge in [-0.3, -0.25) is 15.0 Å². The first-order valence-electron chi connectivity index (χ1n) is 11.7. The number of aromatic amines is 1. The number of alkyl halides is 3. The lowest BCUT2D eigenvalue weighted by Crippen LogP contribution is -2.49. The van der Waals surface area contributed by atoms with Crippen molar-refractivity contribution in [2.45, 2.75) is 25.4 Å². The normalized spacial score (nSPS) is 16.7. The van der Waals surface area contributed by atoms with Gasteiger partial charge in [0.15, 0.2) is 0 Å². The number of ether oxygens (including phenoxy) is 2. The van der Waals surface area contributed by atoms with Crippen LogP contribution in [0.4, 0.5) is 23.9 Å². The summed E-state index contributed by atoms with van der Waals surface area (Å²) in [5.41, 5.74) is 0.116. The minimum Gasteiger partial charge on any atom is -0.453 e. The van der Waals surface area contributed by atoms with E-state index in [9.17, 15) is 27.6 Å². The van der Waals surface area contributed by atoms with Gasteiger partial charge in [-0.2, -0.15) is 13.2 Å². The molecule has 0 fully saturated rings. The van der Waals surface area contributed by atoms with Crippen molar-refractivity contribution in [3.63, 3.8) is 0 Å². The lowest BCUT2D eigenvalue weighted by Gasteiger charge is -2.39. The molecule has 3 aromatic carbocycles. The SMILES string of the molecule is COC(=O)Nc1nc2ccc(C3(OC(=O)C(F)(F)F)c4ccccc4C(=O)N3Cc3cccc(C)c3)cc2[nH]1. The summed E-state index contributed by atoms with van der Waals surface area (Å²) in [6, 6.07) is 17.5. The molecule has 1 aliphatic rings. The van der Waals surface area contributed by atoms with Crippen molar-refractivity contribution >= 4 is 35.0 Å². The Balaban J connectivity index is 1.73. The van der Waals surface area contributed by atoms with E-state index in [4.69, 9.17) is 4.74 Å². The molecule has 4 aromatic rings. The molecule has 0 radical (unpaired) electrons. The van der Waals surface area contributed by atoms with Gasteiger partial charge in [0.1, 0.15) is 0 Å². The second kappa shape index (κ2) is 9.46. The molecule has 9 nitrogen and oxygen atoms in total. The molecule has 0 spiro atoms. The maximum atomic E-state index is 13.7. The molecule has 39 heavy (non-hydrogen) atoms. The predicted octanol–water partition coefficient (Wildman–Crippen LogP) is 5.01. The van der Waals surface area contributed by atoms with E-state index in [2.05, 4.69) is 20.0 Å². The van der Waals surface area contributed by atoms with Crippen LogP contribution in [0.2, 0.25) is 0 Å². The predicted molar refractivity (Wildman–Crippen MR) is 133 cm³/mol. The Bertz CT molecular complexity index is 1620. The van der Waals surface area contributed by atoms with E-state index in [0.29, 0.717) is 16.6 Å². The van der Waals surface area contributed by atoms with Crippen LogP contribution in [0.25, 0.3) is 11.0 Å². The number of esters is 1. The van der Waals surface area contributed by atoms with Gasteiger partial charge in [0.2, 0.25) is 11.7 Å². The number of methoxy groups -OCH3 is 1. The minimum absolute atomic E-state index is 0.0230. The number of halogens is 3. The Morgan fingerprint density at radius 3 is 2.56 bits per heavy atom. The maximum Gasteiger partial charge on any atom is 0.491 e. The molecule has 1 unspecified atom stereocenters. The zero-order chi connectivity index (χ0) is 27.9. The number of imidazole rings is 1. The summed E-state index contributed by atoms with van der Waals surface area (Å²) in [5, 5.41) is 2.37. The number of H-pyrrole nitrogens is 1. The van der Waals surface area contributed by atoms with Crippen LogP contribution in [0, 0.1) is 6.92 Å². The fraction of sp³-hybridized carbons (Fsp3) is 0.185. The Labute approximate surface area is 219 Å². The van der Waals surface area contributed by atoms with Crippen LogP contribution < -0.4 is 5.32 Å². The number of fused-ring (bicyclic) bond motifs is 2. The minimum atomic E-state index is -5.34. The third-order valence-corrected chi connectivity index (χ3v) is 6.32. The Kier molecular flexibility index (Phi) is 6.25. The number of carbonyl (C=O) groups is 3. The van der Waals surface area contributed by atoms with Crippen molar-refractivity contribution in [2.75, 3.05) is 12.4 Å². The van der Waals surface area contributed by atoms with Crippen LogP contribution in [0.5, 0.6) is 0 Å². The van der Waals surface area contributed by atoms with Gasteiger partial charge >= 0.3 is 18.2 Å². The second-order valence-corrected chi connectivity index (χ2v) is 8.89. The first kappa shape index (κ1) is 25.8. The zero-order valence-electron chi connectivity index (χ0n) is 20.6. The Hall–Kier alpha value is -4.87. The van der Waals surface area contributed by atoms with E-state index >= 15 is 0 Å². The highest BCUT2D eigenvalue weighted by atomic mass is 19.4. The van der Waals surface area contributed by atoms with Crippen molar-refractivity contribution in [1.82, 2.24) is 14.9 Å². The van der Waals surface area contributed by atoms with Crippen molar-refractivity contribution in [3.05, 3.63) is 94.5 Å². The molecule has 12 heteroatoms. The molecule has 2 heterocycles. The molecule has 0 aliphatic carbocycles. The number of aromatic nitrogens is 2. The molecule has 200 valence electrons. The highest BCUT2D eigenvalue weighted by molar-refractivity contribution is 6.01.